The highest BCUT2D eigenvalue weighted by Crippen LogP contribution is 2.24. The molecule has 0 radical (unpaired) electrons. The molecule has 13 amide bonds. The fourth-order valence-corrected chi connectivity index (χ4v) is 10.1. The molecule has 34 nitrogen and oxygen atoms in total. The van der Waals surface area contributed by atoms with Gasteiger partial charge in [0.05, 0.1) is 31.4 Å². The Balaban J connectivity index is 3.19. The van der Waals surface area contributed by atoms with Crippen LogP contribution in [0.1, 0.15) is 154 Å². The van der Waals surface area contributed by atoms with E-state index in [1.54, 1.807) is 83.1 Å². The summed E-state index contributed by atoms with van der Waals surface area (Å²) in [5.74, 6) is -17.2. The van der Waals surface area contributed by atoms with Crippen molar-refractivity contribution in [3.8, 4) is 0 Å². The molecule has 0 aromatic heterocycles. The molecule has 1 aromatic carbocycles. The van der Waals surface area contributed by atoms with Crippen molar-refractivity contribution >= 4 is 82.9 Å². The van der Waals surface area contributed by atoms with Crippen LogP contribution >= 0.6 is 0 Å². The van der Waals surface area contributed by atoms with Crippen LogP contribution in [-0.4, -0.2) is 207 Å². The van der Waals surface area contributed by atoms with Crippen molar-refractivity contribution in [3.63, 3.8) is 0 Å². The molecule has 552 valence electrons. The second-order valence-corrected chi connectivity index (χ2v) is 27.9. The molecular formula is C64H108N16O18. The molecule has 1 saturated heterocycles. The molecule has 0 spiro atoms. The molecule has 22 N–H and O–H groups in total. The average molecular weight is 1390 g/mol. The van der Waals surface area contributed by atoms with E-state index in [0.717, 1.165) is 6.92 Å². The first kappa shape index (κ1) is 85.3. The first-order chi connectivity index (χ1) is 45.4. The monoisotopic (exact) mass is 1390 g/mol. The number of carbonyl (C=O) groups excluding carboxylic acids is 13. The molecule has 1 aliphatic heterocycles. The minimum absolute atomic E-state index is 0.00195. The number of alkyl carbamates (subject to hydrolysis) is 1. The van der Waals surface area contributed by atoms with Gasteiger partial charge in [-0.1, -0.05) is 113 Å². The summed E-state index contributed by atoms with van der Waals surface area (Å²) in [4.78, 5) is 186. The summed E-state index contributed by atoms with van der Waals surface area (Å²) in [6.45, 7) is 21.9. The maximum atomic E-state index is 15.6. The molecule has 0 bridgehead atoms. The highest BCUT2D eigenvalue weighted by Gasteiger charge is 2.44. The van der Waals surface area contributed by atoms with Crippen LogP contribution in [0.2, 0.25) is 0 Å². The van der Waals surface area contributed by atoms with E-state index >= 15 is 14.4 Å². The molecular weight excluding hydrogens is 1280 g/mol. The van der Waals surface area contributed by atoms with Gasteiger partial charge in [-0.15, -0.1) is 0 Å². The van der Waals surface area contributed by atoms with E-state index in [4.69, 9.17) is 21.6 Å². The predicted octanol–water partition coefficient (Wildman–Crippen LogP) is -3.70. The number of rotatable bonds is 23. The van der Waals surface area contributed by atoms with Crippen molar-refractivity contribution in [2.45, 2.75) is 233 Å². The Hall–Kier alpha value is -8.76. The zero-order chi connectivity index (χ0) is 74.9. The molecule has 34 heteroatoms. The molecule has 1 heterocycles. The van der Waals surface area contributed by atoms with Gasteiger partial charge in [0.25, 0.3) is 0 Å². The molecule has 1 fully saturated rings. The summed E-state index contributed by atoms with van der Waals surface area (Å²) >= 11 is 0. The summed E-state index contributed by atoms with van der Waals surface area (Å²) in [5, 5.41) is 84.1. The Kier molecular flexibility index (Phi) is 34.5. The van der Waals surface area contributed by atoms with Crippen molar-refractivity contribution in [1.29, 1.82) is 5.41 Å². The van der Waals surface area contributed by atoms with Gasteiger partial charge in [0.15, 0.2) is 12.1 Å². The van der Waals surface area contributed by atoms with Gasteiger partial charge in [0.1, 0.15) is 66.0 Å². The summed E-state index contributed by atoms with van der Waals surface area (Å²) < 4.78 is 5.44. The normalized spacial score (nSPS) is 23.9. The van der Waals surface area contributed by atoms with Crippen LogP contribution in [-0.2, 0) is 62.3 Å². The lowest BCUT2D eigenvalue weighted by Gasteiger charge is -2.35. The second-order valence-electron chi connectivity index (χ2n) is 27.9. The molecule has 98 heavy (non-hydrogen) atoms. The van der Waals surface area contributed by atoms with Crippen LogP contribution in [0, 0.1) is 34.5 Å². The summed E-state index contributed by atoms with van der Waals surface area (Å²) in [6.07, 6.45) is -7.30. The van der Waals surface area contributed by atoms with Gasteiger partial charge in [-0.25, -0.2) is 4.79 Å². The molecule has 0 aliphatic carbocycles. The van der Waals surface area contributed by atoms with E-state index in [1.807, 2.05) is 5.32 Å². The van der Waals surface area contributed by atoms with Crippen LogP contribution in [0.4, 0.5) is 4.79 Å². The number of ether oxygens (including phenoxy) is 1. The number of primary amides is 1. The summed E-state index contributed by atoms with van der Waals surface area (Å²) in [7, 11) is 0. The maximum absolute atomic E-state index is 15.6. The van der Waals surface area contributed by atoms with Crippen molar-refractivity contribution in [1.82, 2.24) is 69.1 Å². The quantitative estimate of drug-likeness (QED) is 0.0285. The number of nitrogens with one attached hydrogen (secondary N) is 14. The van der Waals surface area contributed by atoms with Crippen LogP contribution in [0.25, 0.3) is 0 Å². The molecule has 1 aromatic rings. The fourth-order valence-electron chi connectivity index (χ4n) is 10.1. The topological polar surface area (TPSA) is 544 Å². The zero-order valence-corrected chi connectivity index (χ0v) is 58.8. The third kappa shape index (κ3) is 29.1. The average Bonchev–Trinajstić information content (AvgIpc) is 0.822. The first-order valence-electron chi connectivity index (χ1n) is 32.8. The summed E-state index contributed by atoms with van der Waals surface area (Å²) in [6, 6.07) is -12.8. The predicted molar refractivity (Wildman–Crippen MR) is 357 cm³/mol. The minimum atomic E-state index is -2.58. The van der Waals surface area contributed by atoms with E-state index in [9.17, 15) is 68.4 Å². The fraction of sp³-hybridized carbons (Fsp3) is 0.688. The van der Waals surface area contributed by atoms with E-state index in [2.05, 4.69) is 63.8 Å². The molecule has 0 unspecified atom stereocenters. The van der Waals surface area contributed by atoms with Crippen LogP contribution in [0.5, 0.6) is 0 Å². The van der Waals surface area contributed by atoms with Gasteiger partial charge < -0.3 is 106 Å². The zero-order valence-electron chi connectivity index (χ0n) is 58.8. The van der Waals surface area contributed by atoms with Gasteiger partial charge in [-0.3, -0.25) is 62.9 Å². The third-order valence-electron chi connectivity index (χ3n) is 15.4. The number of hydrogen-bond donors (Lipinski definition) is 20. The highest BCUT2D eigenvalue weighted by molar-refractivity contribution is 6.01. The Labute approximate surface area is 571 Å². The SMILES string of the molecule is CC[C@H](C)[C@@H]1NC(=O)[C@@H](CCCNC(=N)N)NC(=O)[C@H](CC(C)C)NC(=O)[C@H]([C@H](O)C(C)C)NC(=O)[C@@H](NC(=O)[C@H](CC(C)(C)C)NC(=O)[C@@H](CC(C)C)NC(=O)OC(C)(C)C)[C@@H](c2ccccc2)NC(=O)[C@H](CO)NC(=O)[C@H]([C@H](O)C(N)=O)NC(=O)CNC(=O)[C@H]([C@H](C)O)NC1=O. The number of amides is 13. The van der Waals surface area contributed by atoms with Crippen molar-refractivity contribution in [2.75, 3.05) is 19.7 Å². The second kappa shape index (κ2) is 39.6. The van der Waals surface area contributed by atoms with Crippen LogP contribution < -0.4 is 80.6 Å². The number of benzene rings is 1. The Morgan fingerprint density at radius 1 is 0.633 bits per heavy atom. The van der Waals surface area contributed by atoms with Crippen LogP contribution in [0.15, 0.2) is 30.3 Å². The molecule has 15 atom stereocenters. The standard InChI is InChI=1S/C64H108N16O18/c1-16-33(8)42-57(93)77-43(34(9)82)56(92)69-28-41(83)75-47(49(85)50(65)86)60(96)73-40(29-81)55(91)78-44(35-21-18-17-19-22-35)45(79-54(90)39(27-63(10,11)12)72-53(89)38(26-31(4)5)74-62(97)98-64(13,14)15)58(94)80-46(48(84)32(6)7)59(95)71-37(25-30(2)3)52(88)70-36(51(87)76-42)23-20-24-68-61(66)67/h17-19,21-22,30-34,36-40,42-49,81-82,84-85H,16,20,23-29H2,1-15H3,(H2,65,86)(H,69,92)(H,70,88)(H,71,95)(H,72,89)(H,73,96)(H,74,97)(H,75,83)(H,76,87)(H,77,93)(H,78,91)(H,79,90)(H,80,94)(H4,66,67,68)/t33-,34-,36+,37-,38+,39-,40-,42-,43-,44+,45-,46-,47-,48+,49-/m0/s1. The molecule has 1 aliphatic rings. The van der Waals surface area contributed by atoms with E-state index < -0.39 is 210 Å². The van der Waals surface area contributed by atoms with E-state index in [0.29, 0.717) is 0 Å². The van der Waals surface area contributed by atoms with Crippen molar-refractivity contribution < 1.29 is 87.5 Å². The number of guanidine groups is 1. The van der Waals surface area contributed by atoms with Crippen molar-refractivity contribution in [3.05, 3.63) is 35.9 Å². The largest absolute Gasteiger partial charge is 0.444 e. The Morgan fingerprint density at radius 2 is 1.17 bits per heavy atom. The number of carbonyl (C=O) groups is 13. The van der Waals surface area contributed by atoms with Crippen molar-refractivity contribution in [2.24, 2.45) is 40.6 Å². The lowest BCUT2D eigenvalue weighted by Crippen LogP contribution is -2.65. The number of aliphatic hydroxyl groups is 4. The third-order valence-corrected chi connectivity index (χ3v) is 15.4. The highest BCUT2D eigenvalue weighted by atomic mass is 16.6. The van der Waals surface area contributed by atoms with Gasteiger partial charge in [-0.05, 0) is 94.4 Å². The van der Waals surface area contributed by atoms with Gasteiger partial charge >= 0.3 is 6.09 Å². The number of nitrogens with two attached hydrogens (primary N) is 2. The number of aliphatic hydroxyl groups excluding tert-OH is 4. The number of hydrogen-bond acceptors (Lipinski definition) is 19. The van der Waals surface area contributed by atoms with E-state index in [1.165, 1.54) is 44.2 Å². The summed E-state index contributed by atoms with van der Waals surface area (Å²) in [5.41, 5.74) is 9.09. The van der Waals surface area contributed by atoms with E-state index in [-0.39, 0.29) is 56.6 Å². The minimum Gasteiger partial charge on any atom is -0.444 e. The smallest absolute Gasteiger partial charge is 0.408 e. The van der Waals surface area contributed by atoms with Gasteiger partial charge in [-0.2, -0.15) is 0 Å². The van der Waals surface area contributed by atoms with Gasteiger partial charge in [0.2, 0.25) is 70.9 Å². The molecule has 2 rings (SSSR count). The van der Waals surface area contributed by atoms with Crippen LogP contribution in [0.3, 0.4) is 0 Å². The molecule has 0 saturated carbocycles. The van der Waals surface area contributed by atoms with Gasteiger partial charge in [0, 0.05) is 6.54 Å². The maximum Gasteiger partial charge on any atom is 0.408 e. The lowest BCUT2D eigenvalue weighted by atomic mass is 9.87. The first-order valence-corrected chi connectivity index (χ1v) is 32.8. The lowest BCUT2D eigenvalue weighted by molar-refractivity contribution is -0.140. The Bertz CT molecular complexity index is 2920. The Morgan fingerprint density at radius 3 is 1.69 bits per heavy atom.